The van der Waals surface area contributed by atoms with E-state index in [-0.39, 0.29) is 0 Å². The number of hydrogen-bond donors (Lipinski definition) is 5. The van der Waals surface area contributed by atoms with Crippen molar-refractivity contribution >= 4 is 5.91 Å². The van der Waals surface area contributed by atoms with Gasteiger partial charge in [0.1, 0.15) is 12.2 Å². The van der Waals surface area contributed by atoms with Gasteiger partial charge in [0, 0.05) is 0 Å². The third-order valence-electron chi connectivity index (χ3n) is 16.2. The van der Waals surface area contributed by atoms with Crippen LogP contribution in [0.5, 0.6) is 0 Å². The maximum Gasteiger partial charge on any atom is 0.249 e. The van der Waals surface area contributed by atoms with Crippen molar-refractivity contribution in [1.82, 2.24) is 5.32 Å². The number of carbonyl (C=O) groups excluding carboxylic acids is 1. The van der Waals surface area contributed by atoms with E-state index in [1.807, 2.05) is 0 Å². The highest BCUT2D eigenvalue weighted by Crippen LogP contribution is 2.19. The summed E-state index contributed by atoms with van der Waals surface area (Å²) >= 11 is 0. The lowest BCUT2D eigenvalue weighted by atomic mass is 9.99. The number of unbranched alkanes of at least 4 members (excludes halogenated alkanes) is 52. The highest BCUT2D eigenvalue weighted by Gasteiger charge is 2.28. The molecule has 0 spiro atoms. The number of amides is 1. The molecular formula is C67H133NO5. The van der Waals surface area contributed by atoms with E-state index in [4.69, 9.17) is 0 Å². The molecule has 4 unspecified atom stereocenters. The number of aliphatic hydroxyl groups is 4. The van der Waals surface area contributed by atoms with Gasteiger partial charge in [-0.05, 0) is 38.5 Å². The van der Waals surface area contributed by atoms with Gasteiger partial charge in [0.25, 0.3) is 0 Å². The Morgan fingerprint density at radius 2 is 0.548 bits per heavy atom. The van der Waals surface area contributed by atoms with Crippen LogP contribution in [0.3, 0.4) is 0 Å². The Kier molecular flexibility index (Phi) is 61.1. The molecule has 0 aromatic rings. The number of nitrogens with one attached hydrogen (secondary N) is 1. The fraction of sp³-hybridized carbons (Fsp3) is 0.955. The Hall–Kier alpha value is -0.950. The summed E-state index contributed by atoms with van der Waals surface area (Å²) in [7, 11) is 0. The molecular weight excluding hydrogens is 899 g/mol. The Morgan fingerprint density at radius 1 is 0.329 bits per heavy atom. The van der Waals surface area contributed by atoms with Crippen LogP contribution in [-0.2, 0) is 4.79 Å². The summed E-state index contributed by atoms with van der Waals surface area (Å²) in [6, 6.07) is -0.984. The summed E-state index contributed by atoms with van der Waals surface area (Å²) in [6.07, 6.45) is 76.1. The van der Waals surface area contributed by atoms with E-state index in [2.05, 4.69) is 31.3 Å². The molecule has 4 atom stereocenters. The lowest BCUT2D eigenvalue weighted by Crippen LogP contribution is -2.53. The van der Waals surface area contributed by atoms with E-state index < -0.39 is 36.9 Å². The van der Waals surface area contributed by atoms with Crippen LogP contribution >= 0.6 is 0 Å². The van der Waals surface area contributed by atoms with Gasteiger partial charge in [-0.2, -0.15) is 0 Å². The summed E-state index contributed by atoms with van der Waals surface area (Å²) in [5.74, 6) is -0.575. The SMILES string of the molecule is CCCCCCCCCCCCCC/C=C\CCCCCCCCCCCCCCCCCCC(O)C(=O)NC(CO)C(O)C(O)CCCCCCCCCCCCCCCCCCCCCCCCCCC. The van der Waals surface area contributed by atoms with E-state index in [0.717, 1.165) is 38.5 Å². The minimum atomic E-state index is -1.26. The maximum atomic E-state index is 12.7. The van der Waals surface area contributed by atoms with Crippen molar-refractivity contribution in [2.45, 2.75) is 404 Å². The van der Waals surface area contributed by atoms with Crippen LogP contribution < -0.4 is 5.32 Å². The normalized spacial score (nSPS) is 13.6. The molecule has 5 N–H and O–H groups in total. The molecule has 1 amide bonds. The molecule has 0 radical (unpaired) electrons. The Labute approximate surface area is 457 Å². The lowest BCUT2D eigenvalue weighted by Gasteiger charge is -2.27. The molecule has 0 fully saturated rings. The Balaban J connectivity index is 3.53. The third-order valence-corrected chi connectivity index (χ3v) is 16.2. The van der Waals surface area contributed by atoms with Crippen LogP contribution in [0.25, 0.3) is 0 Å². The van der Waals surface area contributed by atoms with Gasteiger partial charge in [0.15, 0.2) is 0 Å². The third kappa shape index (κ3) is 55.6. The molecule has 6 heteroatoms. The standard InChI is InChI=1S/C67H133NO5/c1-3-5-7-9-11-13-15-17-19-21-23-25-27-29-30-31-32-33-34-35-37-39-41-43-45-47-49-51-53-55-57-59-61-65(71)67(73)68-63(62-69)66(72)64(70)60-58-56-54-52-50-48-46-44-42-40-38-36-28-26-24-22-20-18-16-14-12-10-8-6-4-2/h29-30,63-66,69-72H,3-28,31-62H2,1-2H3,(H,68,73)/b30-29-. The van der Waals surface area contributed by atoms with Crippen LogP contribution in [0.2, 0.25) is 0 Å². The molecule has 0 aliphatic heterocycles. The summed E-state index contributed by atoms with van der Waals surface area (Å²) < 4.78 is 0. The zero-order valence-corrected chi connectivity index (χ0v) is 49.7. The first-order valence-corrected chi connectivity index (χ1v) is 33.6. The summed E-state index contributed by atoms with van der Waals surface area (Å²) in [4.78, 5) is 12.7. The van der Waals surface area contributed by atoms with Crippen molar-refractivity contribution in [3.05, 3.63) is 12.2 Å². The second-order valence-corrected chi connectivity index (χ2v) is 23.5. The fourth-order valence-corrected chi connectivity index (χ4v) is 11.0. The van der Waals surface area contributed by atoms with Crippen molar-refractivity contribution in [3.8, 4) is 0 Å². The van der Waals surface area contributed by atoms with Gasteiger partial charge in [-0.15, -0.1) is 0 Å². The summed E-state index contributed by atoms with van der Waals surface area (Å²) in [5, 5.41) is 44.2. The average Bonchev–Trinajstić information content (AvgIpc) is 3.40. The average molecular weight is 1030 g/mol. The molecule has 0 heterocycles. The molecule has 6 nitrogen and oxygen atoms in total. The van der Waals surface area contributed by atoms with Gasteiger partial charge in [0.2, 0.25) is 5.91 Å². The first kappa shape index (κ1) is 72.0. The molecule has 0 saturated carbocycles. The van der Waals surface area contributed by atoms with E-state index in [1.54, 1.807) is 0 Å². The summed E-state index contributed by atoms with van der Waals surface area (Å²) in [5.41, 5.74) is 0. The zero-order valence-electron chi connectivity index (χ0n) is 49.7. The molecule has 436 valence electrons. The predicted octanol–water partition coefficient (Wildman–Crippen LogP) is 20.4. The van der Waals surface area contributed by atoms with E-state index >= 15 is 0 Å². The van der Waals surface area contributed by atoms with Crippen molar-refractivity contribution in [2.24, 2.45) is 0 Å². The molecule has 0 aromatic carbocycles. The van der Waals surface area contributed by atoms with Crippen molar-refractivity contribution < 1.29 is 25.2 Å². The first-order chi connectivity index (χ1) is 36.0. The molecule has 0 saturated heterocycles. The van der Waals surface area contributed by atoms with Gasteiger partial charge in [-0.25, -0.2) is 0 Å². The predicted molar refractivity (Wildman–Crippen MR) is 321 cm³/mol. The van der Waals surface area contributed by atoms with Crippen LogP contribution in [0.4, 0.5) is 0 Å². The van der Waals surface area contributed by atoms with Gasteiger partial charge in [-0.1, -0.05) is 353 Å². The summed E-state index contributed by atoms with van der Waals surface area (Å²) in [6.45, 7) is 4.11. The Morgan fingerprint density at radius 3 is 0.795 bits per heavy atom. The topological polar surface area (TPSA) is 110 Å². The molecule has 0 bridgehead atoms. The molecule has 73 heavy (non-hydrogen) atoms. The van der Waals surface area contributed by atoms with Crippen molar-refractivity contribution in [3.63, 3.8) is 0 Å². The largest absolute Gasteiger partial charge is 0.394 e. The van der Waals surface area contributed by atoms with Crippen LogP contribution in [0.15, 0.2) is 12.2 Å². The quantitative estimate of drug-likeness (QED) is 0.0308. The van der Waals surface area contributed by atoms with Crippen LogP contribution in [0.1, 0.15) is 380 Å². The highest BCUT2D eigenvalue weighted by molar-refractivity contribution is 5.80. The number of rotatable bonds is 63. The number of hydrogen-bond acceptors (Lipinski definition) is 5. The molecule has 0 aromatic heterocycles. The number of aliphatic hydroxyl groups excluding tert-OH is 4. The first-order valence-electron chi connectivity index (χ1n) is 33.6. The monoisotopic (exact) mass is 1030 g/mol. The van der Waals surface area contributed by atoms with Crippen LogP contribution in [-0.4, -0.2) is 57.3 Å². The maximum absolute atomic E-state index is 12.7. The minimum Gasteiger partial charge on any atom is -0.394 e. The second-order valence-electron chi connectivity index (χ2n) is 23.5. The van der Waals surface area contributed by atoms with Gasteiger partial charge >= 0.3 is 0 Å². The molecule has 0 aliphatic carbocycles. The fourth-order valence-electron chi connectivity index (χ4n) is 11.0. The highest BCUT2D eigenvalue weighted by atomic mass is 16.3. The van der Waals surface area contributed by atoms with E-state index in [1.165, 1.54) is 315 Å². The molecule has 0 rings (SSSR count). The minimum absolute atomic E-state index is 0.374. The number of carbonyl (C=O) groups is 1. The van der Waals surface area contributed by atoms with Crippen molar-refractivity contribution in [1.29, 1.82) is 0 Å². The van der Waals surface area contributed by atoms with Gasteiger partial charge in [-0.3, -0.25) is 4.79 Å². The molecule has 0 aliphatic rings. The van der Waals surface area contributed by atoms with E-state index in [0.29, 0.717) is 12.8 Å². The Bertz CT molecular complexity index is 1070. The smallest absolute Gasteiger partial charge is 0.249 e. The van der Waals surface area contributed by atoms with E-state index in [9.17, 15) is 25.2 Å². The van der Waals surface area contributed by atoms with Crippen molar-refractivity contribution in [2.75, 3.05) is 6.61 Å². The van der Waals surface area contributed by atoms with Gasteiger partial charge < -0.3 is 25.7 Å². The zero-order chi connectivity index (χ0) is 53.0. The van der Waals surface area contributed by atoms with Gasteiger partial charge in [0.05, 0.1) is 18.8 Å². The van der Waals surface area contributed by atoms with Crippen LogP contribution in [0, 0.1) is 0 Å². The lowest BCUT2D eigenvalue weighted by molar-refractivity contribution is -0.132. The number of allylic oxidation sites excluding steroid dienone is 2. The second kappa shape index (κ2) is 61.9.